The van der Waals surface area contributed by atoms with Crippen molar-refractivity contribution in [1.82, 2.24) is 0 Å². The van der Waals surface area contributed by atoms with Crippen molar-refractivity contribution in [3.63, 3.8) is 0 Å². The first kappa shape index (κ1) is 21.1. The lowest BCUT2D eigenvalue weighted by Crippen LogP contribution is -2.34. The van der Waals surface area contributed by atoms with Gasteiger partial charge in [0, 0.05) is 0 Å². The van der Waals surface area contributed by atoms with Gasteiger partial charge >= 0.3 is 11.9 Å². The molecule has 0 saturated heterocycles. The maximum absolute atomic E-state index is 13.0. The predicted octanol–water partition coefficient (Wildman–Crippen LogP) is 5.82. The van der Waals surface area contributed by atoms with Crippen molar-refractivity contribution in [2.24, 2.45) is 0 Å². The zero-order valence-electron chi connectivity index (χ0n) is 18.2. The number of ether oxygens (including phenoxy) is 1. The second kappa shape index (κ2) is 7.33. The Hall–Kier alpha value is -2.62. The molecule has 0 fully saturated rings. The number of carboxylic acids is 1. The highest BCUT2D eigenvalue weighted by Gasteiger charge is 2.38. The van der Waals surface area contributed by atoms with E-state index < -0.39 is 11.9 Å². The third kappa shape index (κ3) is 3.93. The number of hydrogen-bond acceptors (Lipinski definition) is 3. The van der Waals surface area contributed by atoms with Crippen molar-refractivity contribution in [3.8, 4) is 5.75 Å². The Morgan fingerprint density at radius 1 is 0.966 bits per heavy atom. The maximum Gasteiger partial charge on any atom is 0.343 e. The van der Waals surface area contributed by atoms with Crippen LogP contribution < -0.4 is 4.74 Å². The quantitative estimate of drug-likeness (QED) is 0.524. The summed E-state index contributed by atoms with van der Waals surface area (Å²) in [5.41, 5.74) is 4.96. The van der Waals surface area contributed by atoms with E-state index >= 15 is 0 Å². The first-order valence-corrected chi connectivity index (χ1v) is 10.2. The average molecular weight is 395 g/mol. The Bertz CT molecular complexity index is 983. The molecule has 0 aromatic heterocycles. The van der Waals surface area contributed by atoms with Gasteiger partial charge in [0.15, 0.2) is 0 Å². The summed E-state index contributed by atoms with van der Waals surface area (Å²) in [5, 5.41) is 9.28. The highest BCUT2D eigenvalue weighted by atomic mass is 16.5. The predicted molar refractivity (Wildman–Crippen MR) is 114 cm³/mol. The molecule has 2 aromatic rings. The fourth-order valence-corrected chi connectivity index (χ4v) is 4.24. The summed E-state index contributed by atoms with van der Waals surface area (Å²) in [6, 6.07) is 8.82. The van der Waals surface area contributed by atoms with Gasteiger partial charge in [0.25, 0.3) is 0 Å². The van der Waals surface area contributed by atoms with Gasteiger partial charge in [-0.25, -0.2) is 9.59 Å². The van der Waals surface area contributed by atoms with Gasteiger partial charge < -0.3 is 9.84 Å². The van der Waals surface area contributed by atoms with Crippen LogP contribution in [-0.2, 0) is 17.3 Å². The molecule has 4 nitrogen and oxygen atoms in total. The number of carbonyl (C=O) groups is 2. The van der Waals surface area contributed by atoms with Crippen LogP contribution >= 0.6 is 0 Å². The summed E-state index contributed by atoms with van der Waals surface area (Å²) in [4.78, 5) is 24.3. The molecule has 0 radical (unpaired) electrons. The van der Waals surface area contributed by atoms with Gasteiger partial charge in [-0.2, -0.15) is 0 Å². The van der Waals surface area contributed by atoms with Crippen molar-refractivity contribution in [3.05, 3.63) is 63.7 Å². The summed E-state index contributed by atoms with van der Waals surface area (Å²) >= 11 is 0. The Kier molecular flexibility index (Phi) is 5.33. The van der Waals surface area contributed by atoms with Crippen molar-refractivity contribution in [2.75, 3.05) is 0 Å². The Balaban J connectivity index is 1.98. The molecule has 0 heterocycles. The smallest absolute Gasteiger partial charge is 0.343 e. The normalized spacial score (nSPS) is 16.8. The minimum Gasteiger partial charge on any atom is -0.478 e. The molecule has 3 rings (SSSR count). The molecule has 1 N–H and O–H groups in total. The van der Waals surface area contributed by atoms with E-state index in [1.54, 1.807) is 12.1 Å². The second-order valence-corrected chi connectivity index (χ2v) is 9.35. The molecule has 154 valence electrons. The van der Waals surface area contributed by atoms with Gasteiger partial charge in [-0.15, -0.1) is 0 Å². The Morgan fingerprint density at radius 3 is 2.10 bits per heavy atom. The molecular formula is C25H30O4. The van der Waals surface area contributed by atoms with Gasteiger partial charge in [-0.05, 0) is 83.5 Å². The standard InChI is InChI=1S/C25H30O4/c1-7-16-13-17(8-9-18(16)22(26)27)29-23(28)19-14-21-20(12-15(19)2)24(3,4)10-11-25(21,5)6/h8-9,12-14H,7,10-11H2,1-6H3,(H,26,27). The molecule has 2 aromatic carbocycles. The van der Waals surface area contributed by atoms with Crippen LogP contribution in [0.5, 0.6) is 5.75 Å². The zero-order valence-corrected chi connectivity index (χ0v) is 18.2. The summed E-state index contributed by atoms with van der Waals surface area (Å²) < 4.78 is 5.64. The van der Waals surface area contributed by atoms with Gasteiger partial charge in [0.05, 0.1) is 11.1 Å². The average Bonchev–Trinajstić information content (AvgIpc) is 2.64. The van der Waals surface area contributed by atoms with Crippen LogP contribution in [0.1, 0.15) is 90.4 Å². The molecule has 4 heteroatoms. The maximum atomic E-state index is 13.0. The topological polar surface area (TPSA) is 63.6 Å². The zero-order chi connectivity index (χ0) is 21.6. The van der Waals surface area contributed by atoms with Gasteiger partial charge in [-0.1, -0.05) is 40.7 Å². The lowest BCUT2D eigenvalue weighted by Gasteiger charge is -2.42. The summed E-state index contributed by atoms with van der Waals surface area (Å²) in [6.07, 6.45) is 2.74. The number of hydrogen-bond donors (Lipinski definition) is 1. The molecule has 0 unspecified atom stereocenters. The lowest BCUT2D eigenvalue weighted by molar-refractivity contribution is 0.0695. The molecule has 1 aliphatic rings. The Morgan fingerprint density at radius 2 is 1.55 bits per heavy atom. The lowest BCUT2D eigenvalue weighted by atomic mass is 9.62. The van der Waals surface area contributed by atoms with Gasteiger partial charge in [-0.3, -0.25) is 0 Å². The number of carbonyl (C=O) groups excluding carboxylic acids is 1. The molecule has 29 heavy (non-hydrogen) atoms. The number of rotatable bonds is 4. The molecule has 0 atom stereocenters. The SMILES string of the molecule is CCc1cc(OC(=O)c2cc3c(cc2C)C(C)(C)CCC3(C)C)ccc1C(=O)O. The number of fused-ring (bicyclic) bond motifs is 1. The van der Waals surface area contributed by atoms with Crippen LogP contribution in [0.25, 0.3) is 0 Å². The van der Waals surface area contributed by atoms with E-state index in [1.165, 1.54) is 17.2 Å². The molecule has 1 aliphatic carbocycles. The van der Waals surface area contributed by atoms with Crippen molar-refractivity contribution >= 4 is 11.9 Å². The third-order valence-corrected chi connectivity index (χ3v) is 6.32. The van der Waals surface area contributed by atoms with Crippen molar-refractivity contribution in [1.29, 1.82) is 0 Å². The molecule has 0 bridgehead atoms. The number of aromatic carboxylic acids is 1. The highest BCUT2D eigenvalue weighted by Crippen LogP contribution is 2.46. The molecule has 0 aliphatic heterocycles. The highest BCUT2D eigenvalue weighted by molar-refractivity contribution is 5.94. The van der Waals surface area contributed by atoms with Crippen molar-refractivity contribution in [2.45, 2.75) is 71.6 Å². The summed E-state index contributed by atoms with van der Waals surface area (Å²) in [6.45, 7) is 12.8. The first-order valence-electron chi connectivity index (χ1n) is 10.2. The van der Waals surface area contributed by atoms with E-state index in [1.807, 2.05) is 19.9 Å². The fourth-order valence-electron chi connectivity index (χ4n) is 4.24. The van der Waals surface area contributed by atoms with Crippen LogP contribution in [0.2, 0.25) is 0 Å². The number of esters is 1. The van der Waals surface area contributed by atoms with E-state index in [-0.39, 0.29) is 16.4 Å². The molecule has 0 amide bonds. The van der Waals surface area contributed by atoms with Crippen LogP contribution in [-0.4, -0.2) is 17.0 Å². The van der Waals surface area contributed by atoms with Crippen LogP contribution in [0.3, 0.4) is 0 Å². The van der Waals surface area contributed by atoms with Crippen LogP contribution in [0.4, 0.5) is 0 Å². The first-order chi connectivity index (χ1) is 13.5. The fraction of sp³-hybridized carbons (Fsp3) is 0.440. The van der Waals surface area contributed by atoms with E-state index in [2.05, 4.69) is 33.8 Å². The molecule has 0 saturated carbocycles. The van der Waals surface area contributed by atoms with E-state index in [9.17, 15) is 14.7 Å². The van der Waals surface area contributed by atoms with E-state index in [0.717, 1.165) is 18.4 Å². The number of carboxylic acid groups (broad SMARTS) is 1. The number of aryl methyl sites for hydroxylation is 2. The minimum atomic E-state index is -0.977. The monoisotopic (exact) mass is 394 g/mol. The largest absolute Gasteiger partial charge is 0.478 e. The van der Waals surface area contributed by atoms with Gasteiger partial charge in [0.2, 0.25) is 0 Å². The van der Waals surface area contributed by atoms with E-state index in [4.69, 9.17) is 4.74 Å². The second-order valence-electron chi connectivity index (χ2n) is 9.35. The molecule has 0 spiro atoms. The molecular weight excluding hydrogens is 364 g/mol. The van der Waals surface area contributed by atoms with Crippen LogP contribution in [0, 0.1) is 6.92 Å². The Labute approximate surface area is 172 Å². The van der Waals surface area contributed by atoms with E-state index in [0.29, 0.717) is 23.3 Å². The summed E-state index contributed by atoms with van der Waals surface area (Å²) in [7, 11) is 0. The minimum absolute atomic E-state index is 0.00605. The summed E-state index contributed by atoms with van der Waals surface area (Å²) in [5.74, 6) is -1.02. The van der Waals surface area contributed by atoms with Crippen molar-refractivity contribution < 1.29 is 19.4 Å². The third-order valence-electron chi connectivity index (χ3n) is 6.32. The van der Waals surface area contributed by atoms with Crippen LogP contribution in [0.15, 0.2) is 30.3 Å². The number of benzene rings is 2. The van der Waals surface area contributed by atoms with Gasteiger partial charge in [0.1, 0.15) is 5.75 Å².